The molecule has 0 aliphatic carbocycles. The molecule has 0 aliphatic rings. The van der Waals surface area contributed by atoms with E-state index in [0.717, 1.165) is 0 Å². The minimum atomic E-state index is 0.312. The van der Waals surface area contributed by atoms with Gasteiger partial charge in [0.15, 0.2) is 11.4 Å². The molecule has 0 atom stereocenters. The summed E-state index contributed by atoms with van der Waals surface area (Å²) in [5.41, 5.74) is 6.67. The fourth-order valence-corrected chi connectivity index (χ4v) is 1.24. The number of methoxy groups -OCH3 is 1. The zero-order chi connectivity index (χ0) is 9.42. The summed E-state index contributed by atoms with van der Waals surface area (Å²) in [5, 5.41) is 4.28. The molecule has 2 aromatic rings. The maximum Gasteiger partial charge on any atom is 0.178 e. The van der Waals surface area contributed by atoms with Crippen LogP contribution in [-0.4, -0.2) is 20.1 Å². The van der Waals surface area contributed by atoms with Crippen LogP contribution in [0.4, 0.5) is 5.82 Å². The molecule has 0 saturated carbocycles. The topological polar surface area (TPSA) is 61.3 Å². The Bertz CT molecular complexity index is 453. The number of hydrogen-bond donors (Lipinski definition) is 1. The second-order valence-corrected chi connectivity index (χ2v) is 2.66. The van der Waals surface area contributed by atoms with Crippen molar-refractivity contribution in [3.05, 3.63) is 12.1 Å². The molecule has 0 spiro atoms. The van der Waals surface area contributed by atoms with Gasteiger partial charge in [-0.15, -0.1) is 0 Å². The molecule has 0 amide bonds. The molecule has 13 heavy (non-hydrogen) atoms. The monoisotopic (exact) mass is 174 g/mol. The van der Waals surface area contributed by atoms with Crippen molar-refractivity contribution < 1.29 is 9.26 Å². The molecule has 1 heterocycles. The van der Waals surface area contributed by atoms with Crippen molar-refractivity contribution in [3.63, 3.8) is 0 Å². The highest BCUT2D eigenvalue weighted by atomic mass is 16.5. The van der Waals surface area contributed by atoms with Crippen LogP contribution in [0.3, 0.4) is 0 Å². The van der Waals surface area contributed by atoms with Gasteiger partial charge in [-0.25, -0.2) is 0 Å². The molecule has 1 aromatic heterocycles. The summed E-state index contributed by atoms with van der Waals surface area (Å²) in [6.07, 6.45) is 0. The van der Waals surface area contributed by atoms with Crippen LogP contribution >= 0.6 is 0 Å². The van der Waals surface area contributed by atoms with Crippen molar-refractivity contribution >= 4 is 30.1 Å². The first kappa shape index (κ1) is 7.98. The first-order valence-electron chi connectivity index (χ1n) is 3.70. The molecule has 2 rings (SSSR count). The summed E-state index contributed by atoms with van der Waals surface area (Å²) in [5.74, 6) is 0.889. The van der Waals surface area contributed by atoms with Crippen LogP contribution in [-0.2, 0) is 0 Å². The fourth-order valence-electron chi connectivity index (χ4n) is 1.24. The summed E-state index contributed by atoms with van der Waals surface area (Å²) in [6, 6.07) is 3.33. The number of anilines is 1. The van der Waals surface area contributed by atoms with Crippen LogP contribution in [0.25, 0.3) is 11.0 Å². The average Bonchev–Trinajstić information content (AvgIpc) is 2.46. The molecule has 0 unspecified atom stereocenters. The van der Waals surface area contributed by atoms with Crippen LogP contribution < -0.4 is 15.9 Å². The maximum atomic E-state index is 5.60. The van der Waals surface area contributed by atoms with Gasteiger partial charge in [0.05, 0.1) is 7.11 Å². The minimum absolute atomic E-state index is 0.312. The number of rotatable bonds is 1. The van der Waals surface area contributed by atoms with Crippen molar-refractivity contribution in [3.8, 4) is 5.75 Å². The molecule has 1 aromatic carbocycles. The van der Waals surface area contributed by atoms with Crippen molar-refractivity contribution in [1.29, 1.82) is 0 Å². The van der Waals surface area contributed by atoms with Gasteiger partial charge < -0.3 is 15.0 Å². The van der Waals surface area contributed by atoms with E-state index in [0.29, 0.717) is 28.0 Å². The van der Waals surface area contributed by atoms with Gasteiger partial charge in [0.25, 0.3) is 0 Å². The summed E-state index contributed by atoms with van der Waals surface area (Å²) in [6.45, 7) is 0. The van der Waals surface area contributed by atoms with Gasteiger partial charge in [0.1, 0.15) is 19.0 Å². The number of ether oxygens (including phenoxy) is 1. The molecule has 64 valence electrons. The predicted molar refractivity (Wildman–Crippen MR) is 50.4 cm³/mol. The third kappa shape index (κ3) is 1.12. The van der Waals surface area contributed by atoms with E-state index in [9.17, 15) is 0 Å². The maximum absolute atomic E-state index is 5.60. The molecule has 0 saturated heterocycles. The van der Waals surface area contributed by atoms with Gasteiger partial charge in [-0.1, -0.05) is 10.6 Å². The molecule has 2 N–H and O–H groups in total. The highest BCUT2D eigenvalue weighted by Gasteiger charge is 2.10. The average molecular weight is 174 g/mol. The molecule has 4 nitrogen and oxygen atoms in total. The van der Waals surface area contributed by atoms with Crippen LogP contribution in [0, 0.1) is 0 Å². The second-order valence-electron chi connectivity index (χ2n) is 2.66. The van der Waals surface area contributed by atoms with E-state index < -0.39 is 0 Å². The summed E-state index contributed by atoms with van der Waals surface area (Å²) in [4.78, 5) is 0. The zero-order valence-electron chi connectivity index (χ0n) is 7.07. The third-order valence-electron chi connectivity index (χ3n) is 1.81. The number of nitrogens with zero attached hydrogens (tertiary/aromatic N) is 1. The van der Waals surface area contributed by atoms with Gasteiger partial charge in [-0.05, 0) is 12.1 Å². The van der Waals surface area contributed by atoms with Crippen molar-refractivity contribution in [2.75, 3.05) is 12.8 Å². The highest BCUT2D eigenvalue weighted by Crippen LogP contribution is 2.28. The Balaban J connectivity index is 2.85. The Morgan fingerprint density at radius 2 is 2.31 bits per heavy atom. The Kier molecular flexibility index (Phi) is 1.65. The van der Waals surface area contributed by atoms with Crippen molar-refractivity contribution in [2.24, 2.45) is 0 Å². The lowest BCUT2D eigenvalue weighted by atomic mass is 9.95. The minimum Gasteiger partial charge on any atom is -0.496 e. The molecular weight excluding hydrogens is 167 g/mol. The van der Waals surface area contributed by atoms with Gasteiger partial charge in [-0.2, -0.15) is 0 Å². The quantitative estimate of drug-likeness (QED) is 0.627. The number of aromatic nitrogens is 1. The van der Waals surface area contributed by atoms with Crippen LogP contribution in [0.5, 0.6) is 5.75 Å². The van der Waals surface area contributed by atoms with Crippen LogP contribution in [0.2, 0.25) is 0 Å². The normalized spacial score (nSPS) is 10.5. The summed E-state index contributed by atoms with van der Waals surface area (Å²) < 4.78 is 10.0. The van der Waals surface area contributed by atoms with E-state index >= 15 is 0 Å². The van der Waals surface area contributed by atoms with Gasteiger partial charge in [0, 0.05) is 0 Å². The van der Waals surface area contributed by atoms with E-state index in [-0.39, 0.29) is 0 Å². The van der Waals surface area contributed by atoms with Gasteiger partial charge in [0.2, 0.25) is 0 Å². The second kappa shape index (κ2) is 2.69. The Morgan fingerprint density at radius 1 is 1.54 bits per heavy atom. The number of nitrogens with two attached hydrogens (primary N) is 1. The zero-order valence-corrected chi connectivity index (χ0v) is 7.07. The number of hydrogen-bond acceptors (Lipinski definition) is 4. The first-order valence-corrected chi connectivity index (χ1v) is 3.70. The number of benzene rings is 1. The highest BCUT2D eigenvalue weighted by molar-refractivity contribution is 6.33. The fraction of sp³-hybridized carbons (Fsp3) is 0.125. The molecule has 5 heteroatoms. The smallest absolute Gasteiger partial charge is 0.178 e. The van der Waals surface area contributed by atoms with E-state index in [1.54, 1.807) is 19.2 Å². The number of nitrogen functional groups attached to an aromatic ring is 1. The first-order chi connectivity index (χ1) is 6.22. The van der Waals surface area contributed by atoms with Gasteiger partial charge in [-0.3, -0.25) is 0 Å². The number of fused-ring (bicyclic) bond motifs is 1. The van der Waals surface area contributed by atoms with Crippen molar-refractivity contribution in [1.82, 2.24) is 5.16 Å². The lowest BCUT2D eigenvalue weighted by Crippen LogP contribution is -2.02. The molecule has 0 bridgehead atoms. The summed E-state index contributed by atoms with van der Waals surface area (Å²) >= 11 is 0. The molecule has 0 aliphatic heterocycles. The standard InChI is InChI=1S/C8H7BN2O2/c1-12-5-2-4(9)3-6-7(5)8(10)11-13-6/h2-3H,1H3,(H2,10,11). The summed E-state index contributed by atoms with van der Waals surface area (Å²) in [7, 11) is 7.14. The van der Waals surface area contributed by atoms with Crippen LogP contribution in [0.15, 0.2) is 16.7 Å². The largest absolute Gasteiger partial charge is 0.496 e. The van der Waals surface area contributed by atoms with E-state index in [2.05, 4.69) is 5.16 Å². The molecule has 0 fully saturated rings. The van der Waals surface area contributed by atoms with Crippen molar-refractivity contribution in [2.45, 2.75) is 0 Å². The lowest BCUT2D eigenvalue weighted by Gasteiger charge is -2.01. The Labute approximate surface area is 76.0 Å². The van der Waals surface area contributed by atoms with E-state index in [4.69, 9.17) is 22.8 Å². The molecular formula is C8H7BN2O2. The Morgan fingerprint density at radius 3 is 3.00 bits per heavy atom. The molecule has 2 radical (unpaired) electrons. The SMILES string of the molecule is [B]c1cc(OC)c2c(N)noc2c1. The van der Waals surface area contributed by atoms with E-state index in [1.807, 2.05) is 0 Å². The third-order valence-corrected chi connectivity index (χ3v) is 1.81. The van der Waals surface area contributed by atoms with Gasteiger partial charge >= 0.3 is 0 Å². The Hall–Kier alpha value is -1.65. The predicted octanol–water partition coefficient (Wildman–Crippen LogP) is 0.212. The van der Waals surface area contributed by atoms with Crippen LogP contribution in [0.1, 0.15) is 0 Å². The van der Waals surface area contributed by atoms with E-state index in [1.165, 1.54) is 0 Å². The lowest BCUT2D eigenvalue weighted by molar-refractivity contribution is 0.419.